The van der Waals surface area contributed by atoms with Crippen LogP contribution >= 0.6 is 0 Å². The first kappa shape index (κ1) is 14.3. The molecule has 0 heterocycles. The molecule has 1 aromatic rings. The fourth-order valence-electron chi connectivity index (χ4n) is 1.46. The summed E-state index contributed by atoms with van der Waals surface area (Å²) in [6, 6.07) is 10.5. The topological polar surface area (TPSA) is 0 Å². The van der Waals surface area contributed by atoms with Crippen molar-refractivity contribution >= 4 is 7.85 Å². The van der Waals surface area contributed by atoms with Gasteiger partial charge in [0.05, 0.1) is 0 Å². The highest BCUT2D eigenvalue weighted by Gasteiger charge is 1.96. The van der Waals surface area contributed by atoms with Crippen LogP contribution in [0.1, 0.15) is 45.6 Å². The van der Waals surface area contributed by atoms with E-state index in [2.05, 4.69) is 52.9 Å². The summed E-state index contributed by atoms with van der Waals surface area (Å²) in [5.74, 6) is 1.68. The van der Waals surface area contributed by atoms with Gasteiger partial charge in [-0.15, -0.1) is 0 Å². The van der Waals surface area contributed by atoms with Crippen LogP contribution in [0.4, 0.5) is 0 Å². The van der Waals surface area contributed by atoms with Gasteiger partial charge >= 0.3 is 0 Å². The molecule has 0 aromatic heterocycles. The zero-order valence-corrected chi connectivity index (χ0v) is 10.7. The van der Waals surface area contributed by atoms with Gasteiger partial charge in [-0.2, -0.15) is 0 Å². The summed E-state index contributed by atoms with van der Waals surface area (Å²) in [6.45, 7) is 6.67. The van der Waals surface area contributed by atoms with Crippen molar-refractivity contribution in [1.29, 1.82) is 0 Å². The Hall–Kier alpha value is -0.715. The summed E-state index contributed by atoms with van der Waals surface area (Å²) in [4.78, 5) is 0. The van der Waals surface area contributed by atoms with Crippen molar-refractivity contribution in [2.75, 3.05) is 0 Å². The van der Waals surface area contributed by atoms with Crippen molar-refractivity contribution in [1.82, 2.24) is 0 Å². The van der Waals surface area contributed by atoms with Crippen LogP contribution in [-0.4, -0.2) is 7.85 Å². The molecule has 0 spiro atoms. The zero-order valence-electron chi connectivity index (χ0n) is 10.7. The quantitative estimate of drug-likeness (QED) is 0.655. The zero-order chi connectivity index (χ0) is 11.5. The summed E-state index contributed by atoms with van der Waals surface area (Å²) >= 11 is 0. The smallest absolute Gasteiger partial charge is 0.0648 e. The molecular weight excluding hydrogens is 179 g/mol. The van der Waals surface area contributed by atoms with E-state index in [0.29, 0.717) is 0 Å². The second-order valence-electron chi connectivity index (χ2n) is 3.65. The molecule has 1 heteroatoms. The fourth-order valence-corrected chi connectivity index (χ4v) is 1.46. The van der Waals surface area contributed by atoms with Crippen molar-refractivity contribution in [3.63, 3.8) is 0 Å². The predicted octanol–water partition coefficient (Wildman–Crippen LogP) is 3.61. The lowest BCUT2D eigenvalue weighted by Gasteiger charge is -2.04. The molecule has 0 saturated carbocycles. The van der Waals surface area contributed by atoms with Crippen LogP contribution in [0.25, 0.3) is 0 Å². The van der Waals surface area contributed by atoms with Crippen LogP contribution in [-0.2, 0) is 6.32 Å². The first-order chi connectivity index (χ1) is 7.28. The molecule has 0 bridgehead atoms. The molecule has 0 aliphatic carbocycles. The van der Waals surface area contributed by atoms with Crippen LogP contribution in [0.3, 0.4) is 0 Å². The first-order valence-corrected chi connectivity index (χ1v) is 6.15. The molecule has 0 amide bonds. The van der Waals surface area contributed by atoms with Gasteiger partial charge in [-0.05, 0) is 25.2 Å². The summed E-state index contributed by atoms with van der Waals surface area (Å²) < 4.78 is 0. The normalized spacial score (nSPS) is 9.60. The highest BCUT2D eigenvalue weighted by molar-refractivity contribution is 6.08. The average molecular weight is 203 g/mol. The van der Waals surface area contributed by atoms with Crippen molar-refractivity contribution in [2.45, 2.75) is 46.4 Å². The van der Waals surface area contributed by atoms with E-state index in [4.69, 9.17) is 0 Å². The minimum atomic E-state index is 1.14. The summed E-state index contributed by atoms with van der Waals surface area (Å²) in [6.07, 6.45) is 4.95. The molecule has 1 aromatic carbocycles. The fraction of sp³-hybridized carbons (Fsp3) is 0.500. The van der Waals surface area contributed by atoms with Crippen molar-refractivity contribution in [3.05, 3.63) is 41.8 Å². The van der Waals surface area contributed by atoms with Gasteiger partial charge in [0.25, 0.3) is 0 Å². The van der Waals surface area contributed by atoms with Crippen LogP contribution in [0.5, 0.6) is 0 Å². The lowest BCUT2D eigenvalue weighted by molar-refractivity contribution is 0.739. The molecule has 0 saturated heterocycles. The second kappa shape index (κ2) is 9.83. The Labute approximate surface area is 96.5 Å². The largest absolute Gasteiger partial charge is 0.107 e. The monoisotopic (exact) mass is 203 g/mol. The van der Waals surface area contributed by atoms with E-state index in [1.54, 1.807) is 5.92 Å². The highest BCUT2D eigenvalue weighted by Crippen LogP contribution is 2.12. The molecule has 0 nitrogen and oxygen atoms in total. The Morgan fingerprint density at radius 1 is 0.933 bits per heavy atom. The summed E-state index contributed by atoms with van der Waals surface area (Å²) in [5, 5.41) is 0. The lowest BCUT2D eigenvalue weighted by atomic mass is 9.97. The van der Waals surface area contributed by atoms with Crippen LogP contribution < -0.4 is 0 Å². The molecule has 0 aliphatic heterocycles. The Kier molecular flexibility index (Phi) is 9.36. The third kappa shape index (κ3) is 7.24. The molecule has 0 unspecified atom stereocenters. The van der Waals surface area contributed by atoms with Gasteiger partial charge in [-0.25, -0.2) is 0 Å². The SMILES string of the molecule is BCc1ccccc1.CC[C](CC)CC. The number of hydrogen-bond donors (Lipinski definition) is 0. The summed E-state index contributed by atoms with van der Waals surface area (Å²) in [7, 11) is 2.16. The first-order valence-electron chi connectivity index (χ1n) is 6.15. The van der Waals surface area contributed by atoms with Gasteiger partial charge in [0, 0.05) is 0 Å². The van der Waals surface area contributed by atoms with Gasteiger partial charge < -0.3 is 0 Å². The van der Waals surface area contributed by atoms with Gasteiger partial charge in [0.2, 0.25) is 0 Å². The number of benzene rings is 1. The average Bonchev–Trinajstić information content (AvgIpc) is 2.33. The maximum Gasteiger partial charge on any atom is 0.107 e. The molecule has 0 fully saturated rings. The molecule has 0 aliphatic rings. The molecule has 0 atom stereocenters. The van der Waals surface area contributed by atoms with Crippen molar-refractivity contribution in [2.24, 2.45) is 0 Å². The number of hydrogen-bond acceptors (Lipinski definition) is 0. The Morgan fingerprint density at radius 3 is 1.60 bits per heavy atom. The molecular formula is C14H24B. The third-order valence-electron chi connectivity index (χ3n) is 2.75. The third-order valence-corrected chi connectivity index (χ3v) is 2.75. The molecule has 1 rings (SSSR count). The second-order valence-corrected chi connectivity index (χ2v) is 3.65. The van der Waals surface area contributed by atoms with Gasteiger partial charge in [-0.1, -0.05) is 63.0 Å². The minimum Gasteiger partial charge on any atom is -0.0648 e. The number of rotatable bonds is 4. The van der Waals surface area contributed by atoms with Crippen LogP contribution in [0.2, 0.25) is 0 Å². The van der Waals surface area contributed by atoms with Crippen molar-refractivity contribution < 1.29 is 0 Å². The summed E-state index contributed by atoms with van der Waals surface area (Å²) in [5.41, 5.74) is 1.41. The van der Waals surface area contributed by atoms with Gasteiger partial charge in [0.1, 0.15) is 7.85 Å². The Bertz CT molecular complexity index is 209. The Balaban J connectivity index is 0.000000265. The Morgan fingerprint density at radius 2 is 1.40 bits per heavy atom. The molecule has 15 heavy (non-hydrogen) atoms. The molecule has 83 valence electrons. The van der Waals surface area contributed by atoms with Crippen molar-refractivity contribution in [3.8, 4) is 0 Å². The maximum atomic E-state index is 2.22. The molecule has 1 radical (unpaired) electrons. The predicted molar refractivity (Wildman–Crippen MR) is 72.8 cm³/mol. The standard InChI is InChI=1S/C7H9B.C7H15/c8-6-7-4-2-1-3-5-7;1-4-7(5-2)6-3/h1-5H,6,8H2;4-6H2,1-3H3. The van der Waals surface area contributed by atoms with Gasteiger partial charge in [-0.3, -0.25) is 0 Å². The highest BCUT2D eigenvalue weighted by atomic mass is 14.0. The van der Waals surface area contributed by atoms with Crippen LogP contribution in [0, 0.1) is 5.92 Å². The van der Waals surface area contributed by atoms with E-state index in [9.17, 15) is 0 Å². The van der Waals surface area contributed by atoms with E-state index in [-0.39, 0.29) is 0 Å². The minimum absolute atomic E-state index is 1.14. The maximum absolute atomic E-state index is 2.22. The van der Waals surface area contributed by atoms with E-state index in [1.807, 2.05) is 6.07 Å². The van der Waals surface area contributed by atoms with Gasteiger partial charge in [0.15, 0.2) is 0 Å². The molecule has 0 N–H and O–H groups in total. The van der Waals surface area contributed by atoms with Crippen LogP contribution in [0.15, 0.2) is 30.3 Å². The van der Waals surface area contributed by atoms with E-state index in [0.717, 1.165) is 6.32 Å². The van der Waals surface area contributed by atoms with E-state index in [1.165, 1.54) is 24.8 Å². The lowest BCUT2D eigenvalue weighted by Crippen LogP contribution is -1.88. The van der Waals surface area contributed by atoms with E-state index < -0.39 is 0 Å². The van der Waals surface area contributed by atoms with E-state index >= 15 is 0 Å².